The molecular formula is C6H16N2O4. The number of hydrogen-bond donors (Lipinski definition) is 0. The van der Waals surface area contributed by atoms with Crippen molar-refractivity contribution in [2.75, 3.05) is 41.5 Å². The van der Waals surface area contributed by atoms with E-state index in [2.05, 4.69) is 0 Å². The molecule has 0 bridgehead atoms. The lowest BCUT2D eigenvalue weighted by Crippen LogP contribution is -2.33. The van der Waals surface area contributed by atoms with Crippen LogP contribution < -0.4 is 0 Å². The van der Waals surface area contributed by atoms with E-state index in [9.17, 15) is 0 Å². The molecule has 0 saturated carbocycles. The number of rotatable bonds is 7. The topological polar surface area (TPSA) is 43.4 Å². The van der Waals surface area contributed by atoms with Crippen LogP contribution in [-0.4, -0.2) is 52.0 Å². The Morgan fingerprint density at radius 2 is 0.917 bits per heavy atom. The largest absolute Gasteiger partial charge is 0.278 e. The van der Waals surface area contributed by atoms with Gasteiger partial charge in [-0.3, -0.25) is 19.4 Å². The van der Waals surface area contributed by atoms with Crippen molar-refractivity contribution in [2.24, 2.45) is 0 Å². The van der Waals surface area contributed by atoms with Crippen molar-refractivity contribution in [1.82, 2.24) is 10.5 Å². The van der Waals surface area contributed by atoms with Crippen molar-refractivity contribution in [3.05, 3.63) is 0 Å². The van der Waals surface area contributed by atoms with Gasteiger partial charge in [-0.05, 0) is 0 Å². The Bertz CT molecular complexity index is 83.5. The van der Waals surface area contributed by atoms with Crippen LogP contribution in [0.15, 0.2) is 0 Å². The van der Waals surface area contributed by atoms with E-state index in [1.54, 1.807) is 0 Å². The van der Waals surface area contributed by atoms with Crippen molar-refractivity contribution in [1.29, 1.82) is 0 Å². The fraction of sp³-hybridized carbons (Fsp3) is 1.00. The van der Waals surface area contributed by atoms with Gasteiger partial charge in [-0.2, -0.15) is 0 Å². The Hall–Kier alpha value is -0.240. The third kappa shape index (κ3) is 4.60. The highest BCUT2D eigenvalue weighted by atomic mass is 17.0. The van der Waals surface area contributed by atoms with E-state index in [4.69, 9.17) is 19.4 Å². The van der Waals surface area contributed by atoms with Gasteiger partial charge in [-0.15, -0.1) is 0 Å². The van der Waals surface area contributed by atoms with Gasteiger partial charge in [-0.25, -0.2) is 0 Å². The van der Waals surface area contributed by atoms with Crippen molar-refractivity contribution in [3.8, 4) is 0 Å². The van der Waals surface area contributed by atoms with Crippen molar-refractivity contribution in [2.45, 2.75) is 0 Å². The summed E-state index contributed by atoms with van der Waals surface area (Å²) in [4.78, 5) is 19.2. The Labute approximate surface area is 72.4 Å². The minimum Gasteiger partial charge on any atom is -0.278 e. The summed E-state index contributed by atoms with van der Waals surface area (Å²) in [6, 6.07) is 0. The molecule has 0 aromatic heterocycles. The van der Waals surface area contributed by atoms with Gasteiger partial charge >= 0.3 is 0 Å². The summed E-state index contributed by atoms with van der Waals surface area (Å²) >= 11 is 0. The maximum absolute atomic E-state index is 4.81. The zero-order valence-corrected chi connectivity index (χ0v) is 7.94. The van der Waals surface area contributed by atoms with E-state index in [1.807, 2.05) is 0 Å². The van der Waals surface area contributed by atoms with Crippen LogP contribution in [0.4, 0.5) is 0 Å². The SMILES string of the molecule is CON(CCN(OC)OC)OC. The first kappa shape index (κ1) is 11.8. The lowest BCUT2D eigenvalue weighted by Gasteiger charge is -2.20. The summed E-state index contributed by atoms with van der Waals surface area (Å²) in [5.74, 6) is 0. The third-order valence-corrected chi connectivity index (χ3v) is 1.28. The predicted molar refractivity (Wildman–Crippen MR) is 41.4 cm³/mol. The van der Waals surface area contributed by atoms with Crippen LogP contribution in [0.3, 0.4) is 0 Å². The summed E-state index contributed by atoms with van der Waals surface area (Å²) in [6.45, 7) is 1.04. The molecule has 0 amide bonds. The second kappa shape index (κ2) is 7.41. The lowest BCUT2D eigenvalue weighted by atomic mass is 10.7. The molecule has 12 heavy (non-hydrogen) atoms. The zero-order valence-electron chi connectivity index (χ0n) is 7.94. The highest BCUT2D eigenvalue weighted by molar-refractivity contribution is 4.34. The van der Waals surface area contributed by atoms with E-state index in [-0.39, 0.29) is 0 Å². The maximum Gasteiger partial charge on any atom is 0.0692 e. The highest BCUT2D eigenvalue weighted by Crippen LogP contribution is 1.92. The minimum atomic E-state index is 0.522. The second-order valence-corrected chi connectivity index (χ2v) is 1.84. The van der Waals surface area contributed by atoms with Gasteiger partial charge in [0.15, 0.2) is 0 Å². The average molecular weight is 180 g/mol. The molecule has 6 heteroatoms. The predicted octanol–water partition coefficient (Wildman–Crippen LogP) is -0.164. The minimum absolute atomic E-state index is 0.522. The molecule has 0 rings (SSSR count). The molecule has 0 aromatic rings. The standard InChI is InChI=1S/C6H16N2O4/c1-9-7(10-2)5-6-8(11-3)12-4/h5-6H2,1-4H3. The van der Waals surface area contributed by atoms with Crippen LogP contribution in [0.25, 0.3) is 0 Å². The maximum atomic E-state index is 4.81. The van der Waals surface area contributed by atoms with Crippen LogP contribution in [0.5, 0.6) is 0 Å². The normalized spacial score (nSPS) is 11.5. The van der Waals surface area contributed by atoms with Crippen LogP contribution in [0, 0.1) is 0 Å². The summed E-state index contributed by atoms with van der Waals surface area (Å²) in [7, 11) is 6.09. The Morgan fingerprint density at radius 3 is 1.08 bits per heavy atom. The molecule has 0 spiro atoms. The molecule has 0 atom stereocenters. The average Bonchev–Trinajstić information content (AvgIpc) is 2.13. The fourth-order valence-electron chi connectivity index (χ4n) is 0.678. The van der Waals surface area contributed by atoms with Gasteiger partial charge in [0.2, 0.25) is 0 Å². The first-order chi connectivity index (χ1) is 5.78. The van der Waals surface area contributed by atoms with Gasteiger partial charge in [0, 0.05) is 0 Å². The van der Waals surface area contributed by atoms with Gasteiger partial charge in [0.05, 0.1) is 41.5 Å². The van der Waals surface area contributed by atoms with Gasteiger partial charge < -0.3 is 0 Å². The summed E-state index contributed by atoms with van der Waals surface area (Å²) in [5.41, 5.74) is 0. The quantitative estimate of drug-likeness (QED) is 0.507. The van der Waals surface area contributed by atoms with Gasteiger partial charge in [-0.1, -0.05) is 10.5 Å². The molecule has 0 radical (unpaired) electrons. The van der Waals surface area contributed by atoms with E-state index in [1.165, 1.54) is 38.9 Å². The zero-order chi connectivity index (χ0) is 9.40. The molecule has 0 unspecified atom stereocenters. The van der Waals surface area contributed by atoms with Gasteiger partial charge in [0.1, 0.15) is 0 Å². The van der Waals surface area contributed by atoms with E-state index in [0.717, 1.165) is 0 Å². The van der Waals surface area contributed by atoms with Crippen LogP contribution in [-0.2, 0) is 19.4 Å². The van der Waals surface area contributed by atoms with Crippen molar-refractivity contribution < 1.29 is 19.4 Å². The lowest BCUT2D eigenvalue weighted by molar-refractivity contribution is -0.377. The Morgan fingerprint density at radius 1 is 0.667 bits per heavy atom. The summed E-state index contributed by atoms with van der Waals surface area (Å²) in [5, 5.41) is 2.62. The molecule has 0 heterocycles. The first-order valence-electron chi connectivity index (χ1n) is 3.50. The molecule has 0 saturated heterocycles. The second-order valence-electron chi connectivity index (χ2n) is 1.84. The van der Waals surface area contributed by atoms with Crippen LogP contribution in [0.1, 0.15) is 0 Å². The molecule has 0 aliphatic rings. The molecular weight excluding hydrogens is 164 g/mol. The Kier molecular flexibility index (Phi) is 7.26. The van der Waals surface area contributed by atoms with E-state index < -0.39 is 0 Å². The summed E-state index contributed by atoms with van der Waals surface area (Å²) < 4.78 is 0. The van der Waals surface area contributed by atoms with Gasteiger partial charge in [0.25, 0.3) is 0 Å². The number of nitrogens with zero attached hydrogens (tertiary/aromatic N) is 2. The smallest absolute Gasteiger partial charge is 0.0692 e. The monoisotopic (exact) mass is 180 g/mol. The van der Waals surface area contributed by atoms with Crippen LogP contribution >= 0.6 is 0 Å². The third-order valence-electron chi connectivity index (χ3n) is 1.28. The first-order valence-corrected chi connectivity index (χ1v) is 3.50. The number of hydroxylamine groups is 4. The molecule has 0 aliphatic carbocycles. The van der Waals surface area contributed by atoms with Crippen LogP contribution in [0.2, 0.25) is 0 Å². The molecule has 0 aliphatic heterocycles. The molecule has 74 valence electrons. The summed E-state index contributed by atoms with van der Waals surface area (Å²) in [6.07, 6.45) is 0. The molecule has 6 nitrogen and oxygen atoms in total. The number of hydrogen-bond acceptors (Lipinski definition) is 6. The fourth-order valence-corrected chi connectivity index (χ4v) is 0.678. The van der Waals surface area contributed by atoms with E-state index >= 15 is 0 Å². The molecule has 0 fully saturated rings. The van der Waals surface area contributed by atoms with E-state index in [0.29, 0.717) is 13.1 Å². The molecule has 0 aromatic carbocycles. The highest BCUT2D eigenvalue weighted by Gasteiger charge is 2.06. The Balaban J connectivity index is 3.49. The molecule has 0 N–H and O–H groups in total. The van der Waals surface area contributed by atoms with Crippen molar-refractivity contribution in [3.63, 3.8) is 0 Å². The van der Waals surface area contributed by atoms with Crippen molar-refractivity contribution >= 4 is 0 Å².